The molecule has 0 bridgehead atoms. The molecule has 2 aliphatic rings. The van der Waals surface area contributed by atoms with Crippen LogP contribution in [0.2, 0.25) is 0 Å². The second-order valence-electron chi connectivity index (χ2n) is 6.45. The van der Waals surface area contributed by atoms with E-state index in [9.17, 15) is 10.1 Å². The minimum atomic E-state index is -0.715. The molecule has 0 aliphatic heterocycles. The van der Waals surface area contributed by atoms with Gasteiger partial charge in [0.25, 0.3) is 0 Å². The summed E-state index contributed by atoms with van der Waals surface area (Å²) in [6, 6.07) is 2.24. The van der Waals surface area contributed by atoms with Gasteiger partial charge in [-0.1, -0.05) is 26.7 Å². The predicted octanol–water partition coefficient (Wildman–Crippen LogP) is 3.01. The molecule has 2 aliphatic carbocycles. The molecule has 0 unspecified atom stereocenters. The molecule has 2 saturated carbocycles. The monoisotopic (exact) mass is 248 g/mol. The van der Waals surface area contributed by atoms with Gasteiger partial charge in [-0.05, 0) is 43.4 Å². The number of rotatable bonds is 4. The van der Waals surface area contributed by atoms with Crippen LogP contribution in [0.3, 0.4) is 0 Å². The summed E-state index contributed by atoms with van der Waals surface area (Å²) in [6.07, 6.45) is 7.60. The Labute approximate surface area is 110 Å². The molecule has 2 rings (SSSR count). The van der Waals surface area contributed by atoms with Crippen LogP contribution in [-0.4, -0.2) is 12.5 Å². The van der Waals surface area contributed by atoms with Crippen molar-refractivity contribution >= 4 is 5.91 Å². The Balaban J connectivity index is 1.90. The molecule has 1 amide bonds. The largest absolute Gasteiger partial charge is 0.354 e. The van der Waals surface area contributed by atoms with Crippen molar-refractivity contribution in [3.05, 3.63) is 0 Å². The smallest absolute Gasteiger partial charge is 0.240 e. The van der Waals surface area contributed by atoms with Crippen molar-refractivity contribution in [1.82, 2.24) is 5.32 Å². The van der Waals surface area contributed by atoms with Crippen LogP contribution < -0.4 is 5.32 Å². The molecule has 3 heteroatoms. The van der Waals surface area contributed by atoms with Crippen LogP contribution in [-0.2, 0) is 4.79 Å². The molecule has 0 saturated heterocycles. The van der Waals surface area contributed by atoms with Crippen molar-refractivity contribution in [2.75, 3.05) is 6.54 Å². The van der Waals surface area contributed by atoms with Crippen molar-refractivity contribution < 1.29 is 4.79 Å². The zero-order valence-corrected chi connectivity index (χ0v) is 11.6. The van der Waals surface area contributed by atoms with Gasteiger partial charge in [-0.25, -0.2) is 0 Å². The Morgan fingerprint density at radius 3 is 2.44 bits per heavy atom. The highest BCUT2D eigenvalue weighted by molar-refractivity contribution is 5.86. The van der Waals surface area contributed by atoms with Crippen LogP contribution >= 0.6 is 0 Å². The molecule has 3 nitrogen and oxygen atoms in total. The summed E-state index contributed by atoms with van der Waals surface area (Å²) in [7, 11) is 0. The van der Waals surface area contributed by atoms with E-state index in [4.69, 9.17) is 0 Å². The van der Waals surface area contributed by atoms with Gasteiger partial charge in [-0.3, -0.25) is 4.79 Å². The highest BCUT2D eigenvalue weighted by Gasteiger charge is 2.49. The SMILES string of the molecule is CCC1(CNC(=O)C2(C#N)CC(C)C2)CCCC1. The quantitative estimate of drug-likeness (QED) is 0.831. The van der Waals surface area contributed by atoms with Gasteiger partial charge >= 0.3 is 0 Å². The summed E-state index contributed by atoms with van der Waals surface area (Å²) in [6.45, 7) is 5.08. The molecule has 0 aromatic carbocycles. The van der Waals surface area contributed by atoms with Gasteiger partial charge in [0.1, 0.15) is 5.41 Å². The number of nitriles is 1. The predicted molar refractivity (Wildman–Crippen MR) is 70.6 cm³/mol. The third-order valence-electron chi connectivity index (χ3n) is 5.08. The fourth-order valence-corrected chi connectivity index (χ4v) is 3.67. The lowest BCUT2D eigenvalue weighted by Crippen LogP contribution is -2.50. The van der Waals surface area contributed by atoms with E-state index in [2.05, 4.69) is 25.2 Å². The molecule has 1 N–H and O–H groups in total. The van der Waals surface area contributed by atoms with Crippen LogP contribution in [0.1, 0.15) is 58.8 Å². The van der Waals surface area contributed by atoms with Crippen molar-refractivity contribution in [2.45, 2.75) is 58.8 Å². The molecule has 0 aromatic heterocycles. The van der Waals surface area contributed by atoms with E-state index in [-0.39, 0.29) is 5.91 Å². The average molecular weight is 248 g/mol. The fraction of sp³-hybridized carbons (Fsp3) is 0.867. The lowest BCUT2D eigenvalue weighted by molar-refractivity contribution is -0.134. The third kappa shape index (κ3) is 2.25. The Bertz CT molecular complexity index is 357. The van der Waals surface area contributed by atoms with Gasteiger partial charge < -0.3 is 5.32 Å². The summed E-state index contributed by atoms with van der Waals surface area (Å²) >= 11 is 0. The van der Waals surface area contributed by atoms with Crippen LogP contribution in [0.5, 0.6) is 0 Å². The molecule has 18 heavy (non-hydrogen) atoms. The summed E-state index contributed by atoms with van der Waals surface area (Å²) < 4.78 is 0. The Hall–Kier alpha value is -1.04. The number of carbonyl (C=O) groups excluding carboxylic acids is 1. The topological polar surface area (TPSA) is 52.9 Å². The second kappa shape index (κ2) is 4.91. The van der Waals surface area contributed by atoms with Gasteiger partial charge in [0.2, 0.25) is 5.91 Å². The van der Waals surface area contributed by atoms with Gasteiger partial charge in [0.05, 0.1) is 6.07 Å². The van der Waals surface area contributed by atoms with Crippen molar-refractivity contribution in [3.8, 4) is 6.07 Å². The lowest BCUT2D eigenvalue weighted by Gasteiger charge is -2.40. The van der Waals surface area contributed by atoms with Gasteiger partial charge in [-0.2, -0.15) is 5.26 Å². The first-order valence-corrected chi connectivity index (χ1v) is 7.25. The normalized spacial score (nSPS) is 33.5. The van der Waals surface area contributed by atoms with Crippen molar-refractivity contribution in [2.24, 2.45) is 16.7 Å². The number of nitrogens with one attached hydrogen (secondary N) is 1. The van der Waals surface area contributed by atoms with Crippen molar-refractivity contribution in [3.63, 3.8) is 0 Å². The minimum absolute atomic E-state index is 0.0252. The summed E-state index contributed by atoms with van der Waals surface area (Å²) in [4.78, 5) is 12.2. The third-order valence-corrected chi connectivity index (χ3v) is 5.08. The molecular formula is C15H24N2O. The summed E-state index contributed by atoms with van der Waals surface area (Å²) in [5.74, 6) is 0.491. The van der Waals surface area contributed by atoms with E-state index < -0.39 is 5.41 Å². The first kappa shape index (κ1) is 13.4. The van der Waals surface area contributed by atoms with E-state index >= 15 is 0 Å². The van der Waals surface area contributed by atoms with Crippen LogP contribution in [0, 0.1) is 28.1 Å². The zero-order valence-electron chi connectivity index (χ0n) is 11.6. The van der Waals surface area contributed by atoms with Crippen LogP contribution in [0.4, 0.5) is 0 Å². The Kier molecular flexibility index (Phi) is 3.66. The lowest BCUT2D eigenvalue weighted by atomic mass is 9.63. The van der Waals surface area contributed by atoms with Gasteiger partial charge in [-0.15, -0.1) is 0 Å². The summed E-state index contributed by atoms with van der Waals surface area (Å²) in [5.41, 5.74) is -0.408. The number of nitrogens with zero attached hydrogens (tertiary/aromatic N) is 1. The zero-order chi connectivity index (χ0) is 13.2. The number of amides is 1. The van der Waals surface area contributed by atoms with Gasteiger partial charge in [0, 0.05) is 6.54 Å². The van der Waals surface area contributed by atoms with Gasteiger partial charge in [0.15, 0.2) is 0 Å². The second-order valence-corrected chi connectivity index (χ2v) is 6.45. The van der Waals surface area contributed by atoms with E-state index in [1.54, 1.807) is 0 Å². The first-order chi connectivity index (χ1) is 8.56. The molecule has 0 spiro atoms. The van der Waals surface area contributed by atoms with E-state index in [1.165, 1.54) is 25.7 Å². The molecular weight excluding hydrogens is 224 g/mol. The Morgan fingerprint density at radius 2 is 2.00 bits per heavy atom. The molecule has 0 radical (unpaired) electrons. The summed E-state index contributed by atoms with van der Waals surface area (Å²) in [5, 5.41) is 12.3. The van der Waals surface area contributed by atoms with Crippen molar-refractivity contribution in [1.29, 1.82) is 5.26 Å². The highest BCUT2D eigenvalue weighted by atomic mass is 16.2. The first-order valence-electron chi connectivity index (χ1n) is 7.25. The Morgan fingerprint density at radius 1 is 1.39 bits per heavy atom. The van der Waals surface area contributed by atoms with Crippen LogP contribution in [0.15, 0.2) is 0 Å². The fourth-order valence-electron chi connectivity index (χ4n) is 3.67. The molecule has 0 aromatic rings. The van der Waals surface area contributed by atoms with E-state index in [1.807, 2.05) is 0 Å². The maximum atomic E-state index is 12.2. The van der Waals surface area contributed by atoms with E-state index in [0.29, 0.717) is 11.3 Å². The molecule has 100 valence electrons. The standard InChI is InChI=1S/C15H24N2O/c1-3-14(6-4-5-7-14)11-17-13(18)15(10-16)8-12(2)9-15/h12H,3-9,11H2,1-2H3,(H,17,18). The number of hydrogen-bond acceptors (Lipinski definition) is 2. The number of hydrogen-bond donors (Lipinski definition) is 1. The number of carbonyl (C=O) groups is 1. The van der Waals surface area contributed by atoms with E-state index in [0.717, 1.165) is 25.8 Å². The molecule has 0 heterocycles. The van der Waals surface area contributed by atoms with Crippen LogP contribution in [0.25, 0.3) is 0 Å². The maximum absolute atomic E-state index is 12.2. The minimum Gasteiger partial charge on any atom is -0.354 e. The maximum Gasteiger partial charge on any atom is 0.240 e. The average Bonchev–Trinajstić information content (AvgIpc) is 2.81. The molecule has 0 atom stereocenters. The molecule has 2 fully saturated rings. The highest BCUT2D eigenvalue weighted by Crippen LogP contribution is 2.46.